The Labute approximate surface area is 314 Å². The van der Waals surface area contributed by atoms with Crippen LogP contribution in [0.25, 0.3) is 0 Å². The molecule has 0 aliphatic rings. The third-order valence-corrected chi connectivity index (χ3v) is 9.03. The van der Waals surface area contributed by atoms with Gasteiger partial charge in [-0.15, -0.1) is 0 Å². The van der Waals surface area contributed by atoms with E-state index in [9.17, 15) is 23.8 Å². The molecule has 0 aromatic heterocycles. The summed E-state index contributed by atoms with van der Waals surface area (Å²) in [4.78, 5) is 45.7. The Bertz CT molecular complexity index is 1070. The second kappa shape index (κ2) is 35.5. The highest BCUT2D eigenvalue weighted by molar-refractivity contribution is 7.47. The number of hydrogen-bond acceptors (Lipinski definition) is 9. The molecule has 0 saturated carbocycles. The molecule has 4 N–H and O–H groups in total. The van der Waals surface area contributed by atoms with E-state index in [1.54, 1.807) is 0 Å². The number of hydrogen-bond donors (Lipinski definition) is 3. The van der Waals surface area contributed by atoms with Crippen LogP contribution < -0.4 is 5.73 Å². The van der Waals surface area contributed by atoms with Gasteiger partial charge in [0.15, 0.2) is 6.10 Å². The number of aliphatic carboxylic acids is 1. The summed E-state index contributed by atoms with van der Waals surface area (Å²) in [7, 11) is -4.72. The van der Waals surface area contributed by atoms with Crippen LogP contribution in [0, 0.1) is 0 Å². The molecule has 0 aromatic carbocycles. The van der Waals surface area contributed by atoms with Crippen molar-refractivity contribution in [1.29, 1.82) is 0 Å². The van der Waals surface area contributed by atoms with Crippen molar-refractivity contribution < 1.29 is 47.5 Å². The molecule has 0 aliphatic heterocycles. The molecular formula is C40H70NO10P. The van der Waals surface area contributed by atoms with Gasteiger partial charge in [0, 0.05) is 12.8 Å². The number of carboxylic acid groups (broad SMARTS) is 1. The van der Waals surface area contributed by atoms with Gasteiger partial charge in [0.25, 0.3) is 0 Å². The Hall–Kier alpha value is -2.56. The summed E-state index contributed by atoms with van der Waals surface area (Å²) in [6.07, 6.45) is 37.6. The maximum Gasteiger partial charge on any atom is 0.472 e. The number of carboxylic acids is 1. The SMILES string of the molecule is CCCCC/C=C/C/C=C/C/C=C/C/C=C/CCCC(=O)OC[C@@H](COP(=O)(O)OC[C@@H](N)C(=O)O)OC(=O)CCCCCCCCCCCCC. The summed E-state index contributed by atoms with van der Waals surface area (Å²) in [6, 6.07) is -1.53. The van der Waals surface area contributed by atoms with E-state index in [1.807, 2.05) is 12.2 Å². The fourth-order valence-corrected chi connectivity index (χ4v) is 5.72. The number of phosphoric acid groups is 1. The second-order valence-electron chi connectivity index (χ2n) is 13.1. The second-order valence-corrected chi connectivity index (χ2v) is 14.5. The first-order valence-corrected chi connectivity index (χ1v) is 21.2. The lowest BCUT2D eigenvalue weighted by molar-refractivity contribution is -0.161. The maximum absolute atomic E-state index is 12.5. The number of allylic oxidation sites excluding steroid dienone is 8. The summed E-state index contributed by atoms with van der Waals surface area (Å²) in [5.74, 6) is -2.45. The molecule has 1 unspecified atom stereocenters. The first kappa shape index (κ1) is 49.4. The highest BCUT2D eigenvalue weighted by atomic mass is 31.2. The van der Waals surface area contributed by atoms with Gasteiger partial charge < -0.3 is 25.2 Å². The lowest BCUT2D eigenvalue weighted by Crippen LogP contribution is -2.34. The van der Waals surface area contributed by atoms with Gasteiger partial charge in [0.05, 0.1) is 13.2 Å². The van der Waals surface area contributed by atoms with Crippen LogP contribution in [0.15, 0.2) is 48.6 Å². The molecule has 3 atom stereocenters. The molecule has 52 heavy (non-hydrogen) atoms. The molecular weight excluding hydrogens is 685 g/mol. The van der Waals surface area contributed by atoms with E-state index in [2.05, 4.69) is 54.8 Å². The Morgan fingerprint density at radius 1 is 0.596 bits per heavy atom. The fourth-order valence-electron chi connectivity index (χ4n) is 4.94. The van der Waals surface area contributed by atoms with E-state index in [-0.39, 0.29) is 19.4 Å². The number of phosphoric ester groups is 1. The monoisotopic (exact) mass is 755 g/mol. The van der Waals surface area contributed by atoms with Crippen molar-refractivity contribution in [3.05, 3.63) is 48.6 Å². The van der Waals surface area contributed by atoms with Crippen molar-refractivity contribution in [2.75, 3.05) is 19.8 Å². The number of rotatable bonds is 36. The van der Waals surface area contributed by atoms with Crippen molar-refractivity contribution in [1.82, 2.24) is 0 Å². The van der Waals surface area contributed by atoms with Crippen LogP contribution in [-0.4, -0.2) is 59.9 Å². The predicted molar refractivity (Wildman–Crippen MR) is 208 cm³/mol. The van der Waals surface area contributed by atoms with Gasteiger partial charge in [0.1, 0.15) is 12.6 Å². The van der Waals surface area contributed by atoms with E-state index in [0.717, 1.165) is 44.9 Å². The molecule has 0 fully saturated rings. The van der Waals surface area contributed by atoms with Crippen LogP contribution in [0.1, 0.15) is 155 Å². The summed E-state index contributed by atoms with van der Waals surface area (Å²) in [5, 5.41) is 8.86. The molecule has 0 radical (unpaired) electrons. The summed E-state index contributed by atoms with van der Waals surface area (Å²) in [6.45, 7) is 2.69. The molecule has 0 rings (SSSR count). The van der Waals surface area contributed by atoms with E-state index >= 15 is 0 Å². The van der Waals surface area contributed by atoms with Crippen molar-refractivity contribution in [3.8, 4) is 0 Å². The fraction of sp³-hybridized carbons (Fsp3) is 0.725. The average Bonchev–Trinajstić information content (AvgIpc) is 3.12. The molecule has 0 aliphatic carbocycles. The number of carbonyl (C=O) groups is 3. The van der Waals surface area contributed by atoms with Gasteiger partial charge in [0.2, 0.25) is 0 Å². The Morgan fingerprint density at radius 3 is 1.58 bits per heavy atom. The number of esters is 2. The molecule has 11 nitrogen and oxygen atoms in total. The van der Waals surface area contributed by atoms with Crippen LogP contribution in [0.2, 0.25) is 0 Å². The van der Waals surface area contributed by atoms with Crippen LogP contribution in [0.4, 0.5) is 0 Å². The quantitative estimate of drug-likeness (QED) is 0.0241. The third kappa shape index (κ3) is 34.5. The zero-order valence-corrected chi connectivity index (χ0v) is 33.0. The van der Waals surface area contributed by atoms with Crippen molar-refractivity contribution in [3.63, 3.8) is 0 Å². The maximum atomic E-state index is 12.5. The molecule has 0 bridgehead atoms. The number of unbranched alkanes of at least 4 members (excludes halogenated alkanes) is 14. The topological polar surface area (TPSA) is 172 Å². The van der Waals surface area contributed by atoms with Crippen molar-refractivity contribution in [2.24, 2.45) is 5.73 Å². The van der Waals surface area contributed by atoms with E-state index < -0.39 is 51.1 Å². The Balaban J connectivity index is 4.51. The van der Waals surface area contributed by atoms with E-state index in [0.29, 0.717) is 19.3 Å². The van der Waals surface area contributed by atoms with Crippen LogP contribution >= 0.6 is 7.82 Å². The number of nitrogens with two attached hydrogens (primary N) is 1. The molecule has 0 heterocycles. The van der Waals surface area contributed by atoms with Gasteiger partial charge in [-0.05, 0) is 51.4 Å². The Kier molecular flexibility index (Phi) is 33.7. The van der Waals surface area contributed by atoms with Gasteiger partial charge in [-0.3, -0.25) is 23.4 Å². The number of carbonyl (C=O) groups excluding carboxylic acids is 2. The van der Waals surface area contributed by atoms with Gasteiger partial charge >= 0.3 is 25.7 Å². The zero-order valence-electron chi connectivity index (χ0n) is 32.1. The van der Waals surface area contributed by atoms with Crippen molar-refractivity contribution >= 4 is 25.7 Å². The minimum absolute atomic E-state index is 0.146. The first-order chi connectivity index (χ1) is 25.1. The normalized spacial score (nSPS) is 14.4. The standard InChI is InChI=1S/C40H70NO10P/c1-3-5-7-9-11-13-15-16-17-18-19-20-22-23-25-27-29-31-38(42)48-33-36(34-49-52(46,47)50-35-37(41)40(44)45)51-39(43)32-30-28-26-24-21-14-12-10-8-6-4-2/h11,13,16-17,19-20,23,25,36-37H,3-10,12,14-15,18,21-22,24,26-35,41H2,1-2H3,(H,44,45)(H,46,47)/b13-11+,17-16+,20-19+,25-23+/t36-,37+/m0/s1. The molecule has 0 amide bonds. The molecule has 0 saturated heterocycles. The third-order valence-electron chi connectivity index (χ3n) is 8.08. The molecule has 12 heteroatoms. The summed E-state index contributed by atoms with van der Waals surface area (Å²) in [5.41, 5.74) is 5.31. The zero-order chi connectivity index (χ0) is 38.5. The highest BCUT2D eigenvalue weighted by Gasteiger charge is 2.28. The molecule has 0 spiro atoms. The van der Waals surface area contributed by atoms with E-state index in [1.165, 1.54) is 64.2 Å². The molecule has 300 valence electrons. The van der Waals surface area contributed by atoms with Gasteiger partial charge in [-0.1, -0.05) is 140 Å². The predicted octanol–water partition coefficient (Wildman–Crippen LogP) is 9.83. The minimum Gasteiger partial charge on any atom is -0.480 e. The highest BCUT2D eigenvalue weighted by Crippen LogP contribution is 2.43. The van der Waals surface area contributed by atoms with Crippen LogP contribution in [0.3, 0.4) is 0 Å². The van der Waals surface area contributed by atoms with Crippen LogP contribution in [0.5, 0.6) is 0 Å². The lowest BCUT2D eigenvalue weighted by Gasteiger charge is -2.20. The van der Waals surface area contributed by atoms with Crippen molar-refractivity contribution in [2.45, 2.75) is 167 Å². The summed E-state index contributed by atoms with van der Waals surface area (Å²) >= 11 is 0. The first-order valence-electron chi connectivity index (χ1n) is 19.7. The molecule has 0 aromatic rings. The average molecular weight is 756 g/mol. The largest absolute Gasteiger partial charge is 0.480 e. The van der Waals surface area contributed by atoms with E-state index in [4.69, 9.17) is 24.8 Å². The van der Waals surface area contributed by atoms with Gasteiger partial charge in [-0.2, -0.15) is 0 Å². The number of ether oxygens (including phenoxy) is 2. The van der Waals surface area contributed by atoms with Crippen LogP contribution in [-0.2, 0) is 37.5 Å². The minimum atomic E-state index is -4.72. The Morgan fingerprint density at radius 2 is 1.04 bits per heavy atom. The van der Waals surface area contributed by atoms with Gasteiger partial charge in [-0.25, -0.2) is 4.57 Å². The smallest absolute Gasteiger partial charge is 0.472 e. The summed E-state index contributed by atoms with van der Waals surface area (Å²) < 4.78 is 32.5. The lowest BCUT2D eigenvalue weighted by atomic mass is 10.1.